The van der Waals surface area contributed by atoms with E-state index in [1.54, 1.807) is 44.6 Å². The van der Waals surface area contributed by atoms with Crippen LogP contribution in [0.15, 0.2) is 42.5 Å². The minimum Gasteiger partial charge on any atom is -0.497 e. The third-order valence-electron chi connectivity index (χ3n) is 3.52. The fourth-order valence-corrected chi connectivity index (χ4v) is 2.37. The number of nitrogens with one attached hydrogen (secondary N) is 2. The van der Waals surface area contributed by atoms with Crippen molar-refractivity contribution < 1.29 is 19.1 Å². The van der Waals surface area contributed by atoms with Crippen molar-refractivity contribution >= 4 is 23.2 Å². The molecule has 2 aromatic rings. The first-order chi connectivity index (χ1) is 12.0. The molecule has 0 aliphatic heterocycles. The van der Waals surface area contributed by atoms with E-state index in [0.717, 1.165) is 5.56 Å². The van der Waals surface area contributed by atoms with Crippen LogP contribution in [0.25, 0.3) is 0 Å². The highest BCUT2D eigenvalue weighted by atomic mass is 16.5. The number of benzene rings is 2. The molecule has 0 aromatic heterocycles. The number of methoxy groups -OCH3 is 2. The molecule has 0 heterocycles. The van der Waals surface area contributed by atoms with E-state index in [1.165, 1.54) is 6.92 Å². The molecular formula is C19H22N2O4. The average molecular weight is 342 g/mol. The molecule has 6 nitrogen and oxygen atoms in total. The summed E-state index contributed by atoms with van der Waals surface area (Å²) in [7, 11) is 3.18. The maximum absolute atomic E-state index is 12.2. The van der Waals surface area contributed by atoms with E-state index in [-0.39, 0.29) is 11.8 Å². The number of carbonyl (C=O) groups excluding carboxylic acids is 2. The van der Waals surface area contributed by atoms with Crippen molar-refractivity contribution in [2.75, 3.05) is 24.9 Å². The van der Waals surface area contributed by atoms with Crippen molar-refractivity contribution in [2.24, 2.45) is 0 Å². The average Bonchev–Trinajstić information content (AvgIpc) is 2.59. The summed E-state index contributed by atoms with van der Waals surface area (Å²) in [6.07, 6.45) is 0.880. The molecule has 0 spiro atoms. The van der Waals surface area contributed by atoms with Crippen LogP contribution >= 0.6 is 0 Å². The van der Waals surface area contributed by atoms with E-state index in [2.05, 4.69) is 10.6 Å². The van der Waals surface area contributed by atoms with E-state index in [0.29, 0.717) is 35.7 Å². The standard InChI is InChI=1S/C19H22N2O4/c1-13(22)20-15-5-4-6-16(11-15)21-19(23)8-7-14-9-17(24-2)12-18(10-14)25-3/h4-6,9-12H,7-8H2,1-3H3,(H,20,22)(H,21,23). The van der Waals surface area contributed by atoms with E-state index in [9.17, 15) is 9.59 Å². The predicted octanol–water partition coefficient (Wildman–Crippen LogP) is 3.23. The van der Waals surface area contributed by atoms with Crippen LogP contribution in [0.3, 0.4) is 0 Å². The van der Waals surface area contributed by atoms with Gasteiger partial charge in [0.05, 0.1) is 14.2 Å². The fourth-order valence-electron chi connectivity index (χ4n) is 2.37. The molecule has 2 rings (SSSR count). The van der Waals surface area contributed by atoms with Crippen LogP contribution in [-0.4, -0.2) is 26.0 Å². The summed E-state index contributed by atoms with van der Waals surface area (Å²) in [4.78, 5) is 23.3. The normalized spacial score (nSPS) is 10.0. The van der Waals surface area contributed by atoms with Gasteiger partial charge in [-0.05, 0) is 42.3 Å². The second-order valence-electron chi connectivity index (χ2n) is 5.53. The molecule has 0 saturated carbocycles. The van der Waals surface area contributed by atoms with E-state index >= 15 is 0 Å². The Labute approximate surface area is 147 Å². The van der Waals surface area contributed by atoms with Crippen molar-refractivity contribution in [3.8, 4) is 11.5 Å². The van der Waals surface area contributed by atoms with Gasteiger partial charge in [-0.2, -0.15) is 0 Å². The zero-order chi connectivity index (χ0) is 18.2. The van der Waals surface area contributed by atoms with Gasteiger partial charge in [-0.25, -0.2) is 0 Å². The molecule has 2 N–H and O–H groups in total. The zero-order valence-corrected chi connectivity index (χ0v) is 14.6. The highest BCUT2D eigenvalue weighted by Crippen LogP contribution is 2.23. The summed E-state index contributed by atoms with van der Waals surface area (Å²) >= 11 is 0. The van der Waals surface area contributed by atoms with Crippen molar-refractivity contribution in [2.45, 2.75) is 19.8 Å². The van der Waals surface area contributed by atoms with E-state index < -0.39 is 0 Å². The van der Waals surface area contributed by atoms with E-state index in [4.69, 9.17) is 9.47 Å². The van der Waals surface area contributed by atoms with Gasteiger partial charge in [0, 0.05) is 30.8 Å². The largest absolute Gasteiger partial charge is 0.497 e. The monoisotopic (exact) mass is 342 g/mol. The van der Waals surface area contributed by atoms with Gasteiger partial charge in [-0.3, -0.25) is 9.59 Å². The predicted molar refractivity (Wildman–Crippen MR) is 97.2 cm³/mol. The van der Waals surface area contributed by atoms with E-state index in [1.807, 2.05) is 12.1 Å². The first-order valence-corrected chi connectivity index (χ1v) is 7.89. The smallest absolute Gasteiger partial charge is 0.224 e. The number of carbonyl (C=O) groups is 2. The Bertz CT molecular complexity index is 737. The summed E-state index contributed by atoms with van der Waals surface area (Å²) in [6, 6.07) is 12.6. The molecule has 0 radical (unpaired) electrons. The lowest BCUT2D eigenvalue weighted by atomic mass is 10.1. The Balaban J connectivity index is 1.96. The highest BCUT2D eigenvalue weighted by Gasteiger charge is 2.07. The van der Waals surface area contributed by atoms with Crippen LogP contribution in [-0.2, 0) is 16.0 Å². The third kappa shape index (κ3) is 5.84. The molecule has 0 saturated heterocycles. The van der Waals surface area contributed by atoms with Gasteiger partial charge in [0.15, 0.2) is 0 Å². The van der Waals surface area contributed by atoms with Crippen LogP contribution in [0.4, 0.5) is 11.4 Å². The SMILES string of the molecule is COc1cc(CCC(=O)Nc2cccc(NC(C)=O)c2)cc(OC)c1. The number of amides is 2. The molecule has 0 aliphatic carbocycles. The van der Waals surface area contributed by atoms with Gasteiger partial charge >= 0.3 is 0 Å². The Morgan fingerprint density at radius 1 is 0.920 bits per heavy atom. The van der Waals surface area contributed by atoms with Gasteiger partial charge in [0.1, 0.15) is 11.5 Å². The molecule has 132 valence electrons. The summed E-state index contributed by atoms with van der Waals surface area (Å²) in [5.41, 5.74) is 2.24. The molecule has 0 atom stereocenters. The quantitative estimate of drug-likeness (QED) is 0.810. The Hall–Kier alpha value is -3.02. The van der Waals surface area contributed by atoms with Crippen LogP contribution < -0.4 is 20.1 Å². The second-order valence-corrected chi connectivity index (χ2v) is 5.53. The summed E-state index contributed by atoms with van der Waals surface area (Å²) in [5, 5.41) is 5.51. The number of anilines is 2. The number of rotatable bonds is 7. The molecule has 2 aromatic carbocycles. The molecule has 0 unspecified atom stereocenters. The van der Waals surface area contributed by atoms with Gasteiger partial charge in [-0.1, -0.05) is 6.07 Å². The lowest BCUT2D eigenvalue weighted by Gasteiger charge is -2.10. The first kappa shape index (κ1) is 18.3. The highest BCUT2D eigenvalue weighted by molar-refractivity contribution is 5.93. The molecular weight excluding hydrogens is 320 g/mol. The van der Waals surface area contributed by atoms with Crippen LogP contribution in [0.1, 0.15) is 18.9 Å². The zero-order valence-electron chi connectivity index (χ0n) is 14.6. The number of ether oxygens (including phenoxy) is 2. The summed E-state index contributed by atoms with van der Waals surface area (Å²) < 4.78 is 10.5. The van der Waals surface area contributed by atoms with Gasteiger partial charge in [0.2, 0.25) is 11.8 Å². The molecule has 2 amide bonds. The summed E-state index contributed by atoms with van der Waals surface area (Å²) in [5.74, 6) is 1.12. The maximum atomic E-state index is 12.2. The van der Waals surface area contributed by atoms with Crippen LogP contribution in [0.2, 0.25) is 0 Å². The molecule has 0 fully saturated rings. The van der Waals surface area contributed by atoms with Crippen molar-refractivity contribution in [1.29, 1.82) is 0 Å². The number of hydrogen-bond acceptors (Lipinski definition) is 4. The molecule has 25 heavy (non-hydrogen) atoms. The molecule has 6 heteroatoms. The van der Waals surface area contributed by atoms with Crippen molar-refractivity contribution in [3.63, 3.8) is 0 Å². The number of hydrogen-bond donors (Lipinski definition) is 2. The van der Waals surface area contributed by atoms with Gasteiger partial charge in [-0.15, -0.1) is 0 Å². The Kier molecular flexibility index (Phi) is 6.39. The van der Waals surface area contributed by atoms with Crippen molar-refractivity contribution in [1.82, 2.24) is 0 Å². The summed E-state index contributed by atoms with van der Waals surface area (Å²) in [6.45, 7) is 1.44. The topological polar surface area (TPSA) is 76.7 Å². The first-order valence-electron chi connectivity index (χ1n) is 7.89. The van der Waals surface area contributed by atoms with Gasteiger partial charge < -0.3 is 20.1 Å². The lowest BCUT2D eigenvalue weighted by Crippen LogP contribution is -2.13. The lowest BCUT2D eigenvalue weighted by molar-refractivity contribution is -0.116. The van der Waals surface area contributed by atoms with Crippen molar-refractivity contribution in [3.05, 3.63) is 48.0 Å². The molecule has 0 bridgehead atoms. The van der Waals surface area contributed by atoms with Gasteiger partial charge in [0.25, 0.3) is 0 Å². The number of aryl methyl sites for hydroxylation is 1. The van der Waals surface area contributed by atoms with Crippen LogP contribution in [0, 0.1) is 0 Å². The Morgan fingerprint density at radius 3 is 2.08 bits per heavy atom. The fraction of sp³-hybridized carbons (Fsp3) is 0.263. The molecule has 0 aliphatic rings. The second kappa shape index (κ2) is 8.73. The Morgan fingerprint density at radius 2 is 1.52 bits per heavy atom. The minimum absolute atomic E-state index is 0.109. The van der Waals surface area contributed by atoms with Crippen LogP contribution in [0.5, 0.6) is 11.5 Å². The maximum Gasteiger partial charge on any atom is 0.224 e. The minimum atomic E-state index is -0.157. The third-order valence-corrected chi connectivity index (χ3v) is 3.52.